The molecule has 0 unspecified atom stereocenters. The molecule has 3 rings (SSSR count). The summed E-state index contributed by atoms with van der Waals surface area (Å²) in [4.78, 5) is 34.9. The van der Waals surface area contributed by atoms with Crippen LogP contribution in [0.25, 0.3) is 11.0 Å². The lowest BCUT2D eigenvalue weighted by molar-refractivity contribution is 0.102. The van der Waals surface area contributed by atoms with Gasteiger partial charge in [0, 0.05) is 36.3 Å². The normalized spacial score (nSPS) is 10.7. The SMILES string of the molecule is Cc1cc(=O)oc2cc(NC(=O)c3ccc(=O)n(C)n3)ccc12. The number of fused-ring (bicyclic) bond motifs is 1. The van der Waals surface area contributed by atoms with Crippen molar-refractivity contribution >= 4 is 22.6 Å². The Labute approximate surface area is 130 Å². The van der Waals surface area contributed by atoms with Gasteiger partial charge in [-0.1, -0.05) is 0 Å². The summed E-state index contributed by atoms with van der Waals surface area (Å²) in [5.41, 5.74) is 1.02. The quantitative estimate of drug-likeness (QED) is 0.723. The average Bonchev–Trinajstić information content (AvgIpc) is 2.49. The molecule has 0 aliphatic carbocycles. The molecule has 0 radical (unpaired) electrons. The number of nitrogens with one attached hydrogen (secondary N) is 1. The molecular weight excluding hydrogens is 298 g/mol. The van der Waals surface area contributed by atoms with Crippen molar-refractivity contribution in [3.05, 3.63) is 68.4 Å². The standard InChI is InChI=1S/C16H13N3O4/c1-9-7-15(21)23-13-8-10(3-4-11(9)13)17-16(22)12-5-6-14(20)19(2)18-12/h3-8H,1-2H3,(H,17,22). The first kappa shape index (κ1) is 14.7. The summed E-state index contributed by atoms with van der Waals surface area (Å²) in [5.74, 6) is -0.463. The second-order valence-corrected chi connectivity index (χ2v) is 5.09. The van der Waals surface area contributed by atoms with E-state index in [2.05, 4.69) is 10.4 Å². The highest BCUT2D eigenvalue weighted by atomic mass is 16.4. The van der Waals surface area contributed by atoms with Gasteiger partial charge >= 0.3 is 5.63 Å². The summed E-state index contributed by atoms with van der Waals surface area (Å²) in [6, 6.07) is 9.07. The van der Waals surface area contributed by atoms with Gasteiger partial charge in [0.2, 0.25) is 0 Å². The molecule has 0 saturated carbocycles. The Hall–Kier alpha value is -3.22. The van der Waals surface area contributed by atoms with Crippen molar-refractivity contribution in [1.29, 1.82) is 0 Å². The Kier molecular flexibility index (Phi) is 3.53. The second-order valence-electron chi connectivity index (χ2n) is 5.09. The maximum Gasteiger partial charge on any atom is 0.336 e. The molecule has 7 nitrogen and oxygen atoms in total. The molecule has 2 aromatic heterocycles. The van der Waals surface area contributed by atoms with E-state index in [1.165, 1.54) is 25.2 Å². The minimum atomic E-state index is -0.463. The van der Waals surface area contributed by atoms with Crippen LogP contribution in [0.5, 0.6) is 0 Å². The Balaban J connectivity index is 1.94. The highest BCUT2D eigenvalue weighted by Gasteiger charge is 2.10. The third-order valence-corrected chi connectivity index (χ3v) is 3.40. The zero-order valence-corrected chi connectivity index (χ0v) is 12.5. The fraction of sp³-hybridized carbons (Fsp3) is 0.125. The highest BCUT2D eigenvalue weighted by molar-refractivity contribution is 6.03. The lowest BCUT2D eigenvalue weighted by Crippen LogP contribution is -2.23. The first-order valence-electron chi connectivity index (χ1n) is 6.84. The number of nitrogens with zero attached hydrogens (tertiary/aromatic N) is 2. The van der Waals surface area contributed by atoms with Crippen LogP contribution in [0.3, 0.4) is 0 Å². The van der Waals surface area contributed by atoms with Crippen LogP contribution in [0, 0.1) is 6.92 Å². The topological polar surface area (TPSA) is 94.2 Å². The second kappa shape index (κ2) is 5.53. The van der Waals surface area contributed by atoms with Crippen LogP contribution in [0.15, 0.2) is 50.4 Å². The monoisotopic (exact) mass is 311 g/mol. The molecule has 0 atom stereocenters. The summed E-state index contributed by atoms with van der Waals surface area (Å²) in [6.07, 6.45) is 0. The van der Waals surface area contributed by atoms with Crippen LogP contribution in [-0.2, 0) is 7.05 Å². The number of hydrogen-bond acceptors (Lipinski definition) is 5. The van der Waals surface area contributed by atoms with Crippen molar-refractivity contribution in [2.75, 3.05) is 5.32 Å². The van der Waals surface area contributed by atoms with Crippen molar-refractivity contribution < 1.29 is 9.21 Å². The molecule has 23 heavy (non-hydrogen) atoms. The molecule has 1 N–H and O–H groups in total. The van der Waals surface area contributed by atoms with Crippen molar-refractivity contribution in [3.63, 3.8) is 0 Å². The smallest absolute Gasteiger partial charge is 0.336 e. The predicted octanol–water partition coefficient (Wildman–Crippen LogP) is 1.45. The molecule has 0 aliphatic heterocycles. The summed E-state index contributed by atoms with van der Waals surface area (Å²) < 4.78 is 6.22. The van der Waals surface area contributed by atoms with E-state index in [1.54, 1.807) is 18.2 Å². The number of carbonyl (C=O) groups excluding carboxylic acids is 1. The van der Waals surface area contributed by atoms with Crippen molar-refractivity contribution in [3.8, 4) is 0 Å². The lowest BCUT2D eigenvalue weighted by Gasteiger charge is -2.07. The van der Waals surface area contributed by atoms with Crippen LogP contribution in [0.1, 0.15) is 16.1 Å². The predicted molar refractivity (Wildman–Crippen MR) is 84.7 cm³/mol. The fourth-order valence-electron chi connectivity index (χ4n) is 2.22. The Bertz CT molecular complexity index is 1030. The van der Waals surface area contributed by atoms with E-state index in [4.69, 9.17) is 4.42 Å². The molecule has 0 saturated heterocycles. The maximum atomic E-state index is 12.2. The number of benzene rings is 1. The van der Waals surface area contributed by atoms with Crippen LogP contribution < -0.4 is 16.5 Å². The van der Waals surface area contributed by atoms with Crippen LogP contribution in [-0.4, -0.2) is 15.7 Å². The van der Waals surface area contributed by atoms with Gasteiger partial charge in [-0.25, -0.2) is 9.48 Å². The van der Waals surface area contributed by atoms with E-state index in [0.717, 1.165) is 15.6 Å². The molecule has 116 valence electrons. The first-order chi connectivity index (χ1) is 10.9. The van der Waals surface area contributed by atoms with Gasteiger partial charge in [0.05, 0.1) is 0 Å². The molecule has 0 bridgehead atoms. The number of anilines is 1. The first-order valence-corrected chi connectivity index (χ1v) is 6.84. The van der Waals surface area contributed by atoms with E-state index >= 15 is 0 Å². The van der Waals surface area contributed by atoms with Crippen LogP contribution in [0.2, 0.25) is 0 Å². The summed E-state index contributed by atoms with van der Waals surface area (Å²) in [7, 11) is 1.46. The van der Waals surface area contributed by atoms with Gasteiger partial charge in [-0.2, -0.15) is 5.10 Å². The lowest BCUT2D eigenvalue weighted by atomic mass is 10.1. The Morgan fingerprint density at radius 3 is 2.70 bits per heavy atom. The third-order valence-electron chi connectivity index (χ3n) is 3.40. The van der Waals surface area contributed by atoms with E-state index < -0.39 is 11.5 Å². The summed E-state index contributed by atoms with van der Waals surface area (Å²) >= 11 is 0. The van der Waals surface area contributed by atoms with Crippen molar-refractivity contribution in [2.45, 2.75) is 6.92 Å². The molecular formula is C16H13N3O4. The summed E-state index contributed by atoms with van der Waals surface area (Å²) in [6.45, 7) is 1.81. The van der Waals surface area contributed by atoms with Gasteiger partial charge in [0.25, 0.3) is 11.5 Å². The molecule has 0 fully saturated rings. The number of amides is 1. The molecule has 1 aromatic carbocycles. The van der Waals surface area contributed by atoms with Crippen molar-refractivity contribution in [1.82, 2.24) is 9.78 Å². The van der Waals surface area contributed by atoms with E-state index in [-0.39, 0.29) is 11.3 Å². The van der Waals surface area contributed by atoms with Gasteiger partial charge in [0.15, 0.2) is 0 Å². The third kappa shape index (κ3) is 2.89. The molecule has 1 amide bonds. The van der Waals surface area contributed by atoms with E-state index in [0.29, 0.717) is 11.3 Å². The number of aromatic nitrogens is 2. The highest BCUT2D eigenvalue weighted by Crippen LogP contribution is 2.20. The zero-order chi connectivity index (χ0) is 16.6. The van der Waals surface area contributed by atoms with Gasteiger partial charge < -0.3 is 9.73 Å². The largest absolute Gasteiger partial charge is 0.423 e. The minimum Gasteiger partial charge on any atom is -0.423 e. The van der Waals surface area contributed by atoms with E-state index in [1.807, 2.05) is 6.92 Å². The zero-order valence-electron chi connectivity index (χ0n) is 12.5. The van der Waals surface area contributed by atoms with Crippen molar-refractivity contribution in [2.24, 2.45) is 7.05 Å². The van der Waals surface area contributed by atoms with Gasteiger partial charge in [-0.15, -0.1) is 0 Å². The average molecular weight is 311 g/mol. The van der Waals surface area contributed by atoms with Gasteiger partial charge in [-0.05, 0) is 30.7 Å². The molecule has 0 aliphatic rings. The molecule has 3 aromatic rings. The molecule has 7 heteroatoms. The Morgan fingerprint density at radius 2 is 1.96 bits per heavy atom. The molecule has 2 heterocycles. The Morgan fingerprint density at radius 1 is 1.17 bits per heavy atom. The minimum absolute atomic E-state index is 0.109. The van der Waals surface area contributed by atoms with Gasteiger partial charge in [-0.3, -0.25) is 9.59 Å². The molecule has 0 spiro atoms. The van der Waals surface area contributed by atoms with Gasteiger partial charge in [0.1, 0.15) is 11.3 Å². The van der Waals surface area contributed by atoms with E-state index in [9.17, 15) is 14.4 Å². The van der Waals surface area contributed by atoms with Crippen LogP contribution in [0.4, 0.5) is 5.69 Å². The summed E-state index contributed by atoms with van der Waals surface area (Å²) in [5, 5.41) is 7.33. The number of hydrogen-bond donors (Lipinski definition) is 1. The number of rotatable bonds is 2. The number of aryl methyl sites for hydroxylation is 2. The maximum absolute atomic E-state index is 12.2. The fourth-order valence-corrected chi connectivity index (χ4v) is 2.22. The number of carbonyl (C=O) groups is 1. The van der Waals surface area contributed by atoms with Crippen LogP contribution >= 0.6 is 0 Å².